The SMILES string of the molecule is CC(Cc1ccc(OC(C)c2nc3ccc(O)cc3[nH]2)cc1)C(=O)S. The summed E-state index contributed by atoms with van der Waals surface area (Å²) in [4.78, 5) is 18.9. The minimum Gasteiger partial charge on any atom is -0.508 e. The summed E-state index contributed by atoms with van der Waals surface area (Å²) in [5.74, 6) is 1.50. The maximum atomic E-state index is 11.2. The van der Waals surface area contributed by atoms with E-state index in [9.17, 15) is 9.90 Å². The van der Waals surface area contributed by atoms with Crippen LogP contribution in [0.2, 0.25) is 0 Å². The lowest BCUT2D eigenvalue weighted by atomic mass is 10.0. The van der Waals surface area contributed by atoms with Crippen LogP contribution in [0.15, 0.2) is 42.5 Å². The number of nitrogens with zero attached hydrogens (tertiary/aromatic N) is 1. The Morgan fingerprint density at radius 1 is 1.24 bits per heavy atom. The number of hydrogen-bond donors (Lipinski definition) is 3. The summed E-state index contributed by atoms with van der Waals surface area (Å²) in [6.07, 6.45) is 0.393. The van der Waals surface area contributed by atoms with Crippen LogP contribution in [0.3, 0.4) is 0 Å². The number of ether oxygens (including phenoxy) is 1. The van der Waals surface area contributed by atoms with Crippen LogP contribution in [0, 0.1) is 5.92 Å². The van der Waals surface area contributed by atoms with E-state index in [0.717, 1.165) is 22.3 Å². The average Bonchev–Trinajstić information content (AvgIpc) is 2.99. The smallest absolute Gasteiger partial charge is 0.189 e. The summed E-state index contributed by atoms with van der Waals surface area (Å²) in [6, 6.07) is 12.7. The number of carbonyl (C=O) groups excluding carboxylic acids is 1. The van der Waals surface area contributed by atoms with Crippen LogP contribution in [0.5, 0.6) is 11.5 Å². The van der Waals surface area contributed by atoms with Gasteiger partial charge in [0.2, 0.25) is 0 Å². The van der Waals surface area contributed by atoms with E-state index in [1.165, 1.54) is 0 Å². The number of imidazole rings is 1. The van der Waals surface area contributed by atoms with Crippen LogP contribution in [0.1, 0.15) is 31.3 Å². The van der Waals surface area contributed by atoms with Crippen molar-refractivity contribution in [2.45, 2.75) is 26.4 Å². The number of rotatable bonds is 6. The molecule has 0 bridgehead atoms. The van der Waals surface area contributed by atoms with Crippen molar-refractivity contribution in [2.24, 2.45) is 5.92 Å². The van der Waals surface area contributed by atoms with Crippen LogP contribution in [0.25, 0.3) is 11.0 Å². The molecule has 2 unspecified atom stereocenters. The molecule has 0 aliphatic rings. The summed E-state index contributed by atoms with van der Waals surface area (Å²) in [5, 5.41) is 9.42. The van der Waals surface area contributed by atoms with Crippen molar-refractivity contribution >= 4 is 28.8 Å². The van der Waals surface area contributed by atoms with E-state index in [4.69, 9.17) is 4.74 Å². The van der Waals surface area contributed by atoms with Gasteiger partial charge < -0.3 is 14.8 Å². The molecule has 5 nitrogen and oxygen atoms in total. The third kappa shape index (κ3) is 4.14. The second-order valence-corrected chi connectivity index (χ2v) is 6.61. The van der Waals surface area contributed by atoms with Crippen LogP contribution in [-0.2, 0) is 11.2 Å². The summed E-state index contributed by atoms with van der Waals surface area (Å²) in [5.41, 5.74) is 2.62. The summed E-state index contributed by atoms with van der Waals surface area (Å²) >= 11 is 3.87. The highest BCUT2D eigenvalue weighted by atomic mass is 32.1. The molecular weight excluding hydrogens is 336 g/mol. The van der Waals surface area contributed by atoms with E-state index in [1.807, 2.05) is 38.1 Å². The third-order valence-corrected chi connectivity index (χ3v) is 4.51. The Kier molecular flexibility index (Phi) is 4.99. The van der Waals surface area contributed by atoms with Gasteiger partial charge in [-0.25, -0.2) is 4.98 Å². The van der Waals surface area contributed by atoms with Gasteiger partial charge in [-0.2, -0.15) is 0 Å². The molecule has 0 fully saturated rings. The van der Waals surface area contributed by atoms with E-state index in [0.29, 0.717) is 12.2 Å². The third-order valence-electron chi connectivity index (χ3n) is 4.07. The zero-order chi connectivity index (χ0) is 18.0. The number of nitrogens with one attached hydrogen (secondary N) is 1. The molecule has 0 aliphatic carbocycles. The Labute approximate surface area is 151 Å². The lowest BCUT2D eigenvalue weighted by Gasteiger charge is -2.13. The largest absolute Gasteiger partial charge is 0.508 e. The molecule has 1 aromatic heterocycles. The topological polar surface area (TPSA) is 75.2 Å². The van der Waals surface area contributed by atoms with Crippen molar-refractivity contribution in [1.82, 2.24) is 9.97 Å². The van der Waals surface area contributed by atoms with Gasteiger partial charge in [0.15, 0.2) is 11.2 Å². The maximum absolute atomic E-state index is 11.2. The first kappa shape index (κ1) is 17.4. The lowest BCUT2D eigenvalue weighted by Crippen LogP contribution is -2.08. The molecule has 130 valence electrons. The van der Waals surface area contributed by atoms with Gasteiger partial charge >= 0.3 is 0 Å². The number of phenolic OH excluding ortho intramolecular Hbond substituents is 1. The molecule has 2 atom stereocenters. The van der Waals surface area contributed by atoms with Crippen molar-refractivity contribution in [2.75, 3.05) is 0 Å². The van der Waals surface area contributed by atoms with E-state index in [-0.39, 0.29) is 22.9 Å². The lowest BCUT2D eigenvalue weighted by molar-refractivity contribution is -0.113. The molecule has 6 heteroatoms. The number of H-pyrrole nitrogens is 1. The standard InChI is InChI=1S/C19H20N2O3S/c1-11(19(23)25)9-13-3-6-15(7-4-13)24-12(2)18-20-16-8-5-14(22)10-17(16)21-18/h3-8,10-12,22H,9H2,1-2H3,(H,20,21)(H,23,25). The Hall–Kier alpha value is -2.47. The molecule has 0 radical (unpaired) electrons. The van der Waals surface area contributed by atoms with Crippen LogP contribution >= 0.6 is 12.6 Å². The van der Waals surface area contributed by atoms with Gasteiger partial charge in [-0.1, -0.05) is 19.1 Å². The first-order valence-electron chi connectivity index (χ1n) is 8.09. The van der Waals surface area contributed by atoms with Crippen molar-refractivity contribution in [1.29, 1.82) is 0 Å². The van der Waals surface area contributed by atoms with Crippen LogP contribution < -0.4 is 4.74 Å². The van der Waals surface area contributed by atoms with Gasteiger partial charge in [0.25, 0.3) is 0 Å². The zero-order valence-corrected chi connectivity index (χ0v) is 15.0. The molecule has 2 N–H and O–H groups in total. The number of hydrogen-bond acceptors (Lipinski definition) is 4. The molecule has 0 amide bonds. The Morgan fingerprint density at radius 2 is 1.96 bits per heavy atom. The van der Waals surface area contributed by atoms with Crippen LogP contribution in [-0.4, -0.2) is 20.2 Å². The first-order chi connectivity index (χ1) is 11.9. The second kappa shape index (κ2) is 7.19. The van der Waals surface area contributed by atoms with Gasteiger partial charge in [-0.3, -0.25) is 4.79 Å². The Morgan fingerprint density at radius 3 is 2.64 bits per heavy atom. The number of thiol groups is 1. The minimum absolute atomic E-state index is 0.107. The summed E-state index contributed by atoms with van der Waals surface area (Å²) < 4.78 is 5.93. The minimum atomic E-state index is -0.265. The molecule has 3 rings (SSSR count). The summed E-state index contributed by atoms with van der Waals surface area (Å²) in [7, 11) is 0. The van der Waals surface area contributed by atoms with E-state index in [1.54, 1.807) is 18.2 Å². The van der Waals surface area contributed by atoms with E-state index >= 15 is 0 Å². The maximum Gasteiger partial charge on any atom is 0.189 e. The number of aromatic hydroxyl groups is 1. The number of benzene rings is 2. The molecule has 25 heavy (non-hydrogen) atoms. The predicted molar refractivity (Wildman–Crippen MR) is 100 cm³/mol. The second-order valence-electron chi connectivity index (χ2n) is 6.17. The van der Waals surface area contributed by atoms with Gasteiger partial charge in [0.1, 0.15) is 17.3 Å². The quantitative estimate of drug-likeness (QED) is 0.583. The number of phenols is 1. The Bertz CT molecular complexity index is 889. The summed E-state index contributed by atoms with van der Waals surface area (Å²) in [6.45, 7) is 3.77. The molecule has 3 aromatic rings. The van der Waals surface area contributed by atoms with Crippen molar-refractivity contribution in [3.8, 4) is 11.5 Å². The normalized spacial score (nSPS) is 13.6. The fourth-order valence-electron chi connectivity index (χ4n) is 2.61. The highest BCUT2D eigenvalue weighted by molar-refractivity contribution is 7.96. The molecule has 0 spiro atoms. The fourth-order valence-corrected chi connectivity index (χ4v) is 2.71. The highest BCUT2D eigenvalue weighted by Crippen LogP contribution is 2.24. The fraction of sp³-hybridized carbons (Fsp3) is 0.263. The van der Waals surface area contributed by atoms with Crippen molar-refractivity contribution in [3.63, 3.8) is 0 Å². The molecule has 0 aliphatic heterocycles. The molecule has 0 saturated heterocycles. The van der Waals surface area contributed by atoms with Crippen molar-refractivity contribution < 1.29 is 14.6 Å². The highest BCUT2D eigenvalue weighted by Gasteiger charge is 2.14. The molecule has 0 saturated carbocycles. The monoisotopic (exact) mass is 356 g/mol. The van der Waals surface area contributed by atoms with Gasteiger partial charge in [-0.05, 0) is 43.2 Å². The number of fused-ring (bicyclic) bond motifs is 1. The number of carbonyl (C=O) groups is 1. The molecule has 2 aromatic carbocycles. The van der Waals surface area contributed by atoms with Gasteiger partial charge in [0.05, 0.1) is 11.0 Å². The molecule has 1 heterocycles. The predicted octanol–water partition coefficient (Wildman–Crippen LogP) is 4.04. The van der Waals surface area contributed by atoms with Crippen molar-refractivity contribution in [3.05, 3.63) is 53.9 Å². The first-order valence-corrected chi connectivity index (χ1v) is 8.54. The average molecular weight is 356 g/mol. The van der Waals surface area contributed by atoms with E-state index < -0.39 is 0 Å². The van der Waals surface area contributed by atoms with Gasteiger partial charge in [-0.15, -0.1) is 12.6 Å². The molecular formula is C19H20N2O3S. The Balaban J connectivity index is 1.69. The number of aromatic nitrogens is 2. The number of aromatic amines is 1. The zero-order valence-electron chi connectivity index (χ0n) is 14.1. The van der Waals surface area contributed by atoms with Crippen LogP contribution in [0.4, 0.5) is 0 Å². The van der Waals surface area contributed by atoms with Gasteiger partial charge in [0, 0.05) is 12.0 Å². The van der Waals surface area contributed by atoms with E-state index in [2.05, 4.69) is 22.6 Å².